The normalized spacial score (nSPS) is 13.4. The number of ether oxygens (including phenoxy) is 4. The first kappa shape index (κ1) is 51.4. The van der Waals surface area contributed by atoms with Gasteiger partial charge in [0, 0.05) is 24.3 Å². The fourth-order valence-electron chi connectivity index (χ4n) is 5.50. The molecule has 4 atom stereocenters. The Morgan fingerprint density at radius 2 is 1.00 bits per heavy atom. The van der Waals surface area contributed by atoms with Gasteiger partial charge in [-0.25, -0.2) is 19.2 Å². The molecular weight excluding hydrogens is 733 g/mol. The molecule has 0 saturated carbocycles. The van der Waals surface area contributed by atoms with Gasteiger partial charge in [0.15, 0.2) is 0 Å². The average molecular weight is 803 g/mol. The highest BCUT2D eigenvalue weighted by Crippen LogP contribution is 2.14. The second-order valence-electron chi connectivity index (χ2n) is 15.1. The van der Waals surface area contributed by atoms with E-state index in [0.717, 1.165) is 51.7 Å². The van der Waals surface area contributed by atoms with E-state index in [9.17, 15) is 33.6 Å². The number of alkyl carbamates (subject to hydrolysis) is 1. The Hall–Kier alpha value is -3.56. The predicted octanol–water partition coefficient (Wildman–Crippen LogP) is 5.11. The zero-order valence-corrected chi connectivity index (χ0v) is 35.6. The standard InChI is InChI=1S/C39H70N4O11S/c1-10-11-12-13-14-15-16-17-18-19-20-21-32(44)40-29(24-27(2)3)34(46)42-28(35(47)51-7)22-23-33(45)41-30(36(48)52-8)25-55-26-31(37(49)53-9)43-38(50)54-39(4,5)6/h27-31H,10-26H2,1-9H3,(H,40,44)(H,41,45)(H,42,46)(H,43,50)/t28-,29+,30-,31+/m1/s1. The summed E-state index contributed by atoms with van der Waals surface area (Å²) in [6.07, 6.45) is 12.1. The molecule has 4 amide bonds. The summed E-state index contributed by atoms with van der Waals surface area (Å²) < 4.78 is 19.7. The Kier molecular flexibility index (Phi) is 27.8. The summed E-state index contributed by atoms with van der Waals surface area (Å²) in [5.41, 5.74) is -0.800. The van der Waals surface area contributed by atoms with Gasteiger partial charge in [-0.15, -0.1) is 0 Å². The van der Waals surface area contributed by atoms with Gasteiger partial charge in [-0.2, -0.15) is 11.8 Å². The number of rotatable bonds is 29. The number of amides is 4. The molecule has 0 rings (SSSR count). The van der Waals surface area contributed by atoms with Crippen molar-refractivity contribution in [3.05, 3.63) is 0 Å². The van der Waals surface area contributed by atoms with E-state index in [1.807, 2.05) is 13.8 Å². The van der Waals surface area contributed by atoms with Crippen LogP contribution < -0.4 is 21.3 Å². The van der Waals surface area contributed by atoms with Gasteiger partial charge in [-0.3, -0.25) is 14.4 Å². The topological polar surface area (TPSA) is 205 Å². The van der Waals surface area contributed by atoms with Crippen molar-refractivity contribution in [3.63, 3.8) is 0 Å². The molecule has 15 nitrogen and oxygen atoms in total. The molecule has 55 heavy (non-hydrogen) atoms. The van der Waals surface area contributed by atoms with E-state index in [0.29, 0.717) is 12.8 Å². The summed E-state index contributed by atoms with van der Waals surface area (Å²) in [5.74, 6) is -3.67. The largest absolute Gasteiger partial charge is 0.467 e. The van der Waals surface area contributed by atoms with Crippen LogP contribution in [-0.4, -0.2) is 104 Å². The predicted molar refractivity (Wildman–Crippen MR) is 212 cm³/mol. The summed E-state index contributed by atoms with van der Waals surface area (Å²) in [7, 11) is 3.48. The van der Waals surface area contributed by atoms with Crippen molar-refractivity contribution in [2.75, 3.05) is 32.8 Å². The van der Waals surface area contributed by atoms with Crippen LogP contribution in [0.4, 0.5) is 4.79 Å². The summed E-state index contributed by atoms with van der Waals surface area (Å²) in [5, 5.41) is 10.4. The third kappa shape index (κ3) is 26.0. The van der Waals surface area contributed by atoms with Crippen molar-refractivity contribution < 1.29 is 52.5 Å². The molecule has 0 bridgehead atoms. The first-order valence-corrected chi connectivity index (χ1v) is 20.8. The van der Waals surface area contributed by atoms with Crippen LogP contribution in [0.15, 0.2) is 0 Å². The van der Waals surface area contributed by atoms with E-state index in [1.54, 1.807) is 20.8 Å². The molecule has 0 unspecified atom stereocenters. The van der Waals surface area contributed by atoms with Crippen LogP contribution in [0.3, 0.4) is 0 Å². The molecule has 0 heterocycles. The smallest absolute Gasteiger partial charge is 0.408 e. The second kappa shape index (κ2) is 29.7. The van der Waals surface area contributed by atoms with Crippen molar-refractivity contribution in [1.82, 2.24) is 21.3 Å². The van der Waals surface area contributed by atoms with Gasteiger partial charge >= 0.3 is 24.0 Å². The lowest BCUT2D eigenvalue weighted by atomic mass is 10.0. The molecule has 0 aliphatic heterocycles. The minimum Gasteiger partial charge on any atom is -0.467 e. The van der Waals surface area contributed by atoms with E-state index in [1.165, 1.54) is 52.1 Å². The van der Waals surface area contributed by atoms with Crippen molar-refractivity contribution >= 4 is 53.5 Å². The zero-order chi connectivity index (χ0) is 41.8. The van der Waals surface area contributed by atoms with Gasteiger partial charge in [0.25, 0.3) is 0 Å². The molecule has 0 radical (unpaired) electrons. The van der Waals surface area contributed by atoms with Crippen LogP contribution in [0.1, 0.15) is 138 Å². The van der Waals surface area contributed by atoms with Crippen LogP contribution in [0.2, 0.25) is 0 Å². The fourth-order valence-corrected chi connectivity index (χ4v) is 6.55. The number of thioether (sulfide) groups is 1. The van der Waals surface area contributed by atoms with Crippen molar-refractivity contribution in [2.45, 2.75) is 168 Å². The highest BCUT2D eigenvalue weighted by molar-refractivity contribution is 7.99. The van der Waals surface area contributed by atoms with Crippen LogP contribution in [-0.2, 0) is 47.7 Å². The van der Waals surface area contributed by atoms with E-state index in [2.05, 4.69) is 28.2 Å². The molecule has 0 fully saturated rings. The van der Waals surface area contributed by atoms with Crippen LogP contribution >= 0.6 is 11.8 Å². The second-order valence-corrected chi connectivity index (χ2v) is 16.1. The number of carbonyl (C=O) groups is 7. The van der Waals surface area contributed by atoms with Gasteiger partial charge in [-0.1, -0.05) is 85.0 Å². The highest BCUT2D eigenvalue weighted by atomic mass is 32.2. The molecule has 0 aliphatic rings. The van der Waals surface area contributed by atoms with Gasteiger partial charge in [0.1, 0.15) is 29.8 Å². The first-order valence-electron chi connectivity index (χ1n) is 19.7. The molecule has 0 aromatic carbocycles. The highest BCUT2D eigenvalue weighted by Gasteiger charge is 2.30. The Morgan fingerprint density at radius 1 is 0.564 bits per heavy atom. The number of hydrogen-bond acceptors (Lipinski definition) is 12. The molecule has 4 N–H and O–H groups in total. The maximum atomic E-state index is 13.4. The third-order valence-electron chi connectivity index (χ3n) is 8.40. The number of hydrogen-bond donors (Lipinski definition) is 4. The lowest BCUT2D eigenvalue weighted by Gasteiger charge is -2.24. The van der Waals surface area contributed by atoms with Gasteiger partial charge in [0.05, 0.1) is 21.3 Å². The molecule has 0 saturated heterocycles. The number of unbranched alkanes of at least 4 members (excludes halogenated alkanes) is 10. The molecular formula is C39H70N4O11S. The lowest BCUT2D eigenvalue weighted by Crippen LogP contribution is -2.52. The zero-order valence-electron chi connectivity index (χ0n) is 34.8. The minimum atomic E-state index is -1.20. The Morgan fingerprint density at radius 3 is 1.47 bits per heavy atom. The first-order chi connectivity index (χ1) is 26.0. The maximum absolute atomic E-state index is 13.4. The monoisotopic (exact) mass is 802 g/mol. The van der Waals surface area contributed by atoms with E-state index < -0.39 is 65.6 Å². The average Bonchev–Trinajstić information content (AvgIpc) is 3.12. The Labute approximate surface area is 333 Å². The van der Waals surface area contributed by atoms with Crippen molar-refractivity contribution in [2.24, 2.45) is 5.92 Å². The summed E-state index contributed by atoms with van der Waals surface area (Å²) in [6, 6.07) is -4.33. The molecule has 0 aromatic rings. The summed E-state index contributed by atoms with van der Waals surface area (Å²) in [6.45, 7) is 11.1. The number of esters is 3. The number of nitrogens with one attached hydrogen (secondary N) is 4. The van der Waals surface area contributed by atoms with E-state index >= 15 is 0 Å². The molecule has 318 valence electrons. The lowest BCUT2D eigenvalue weighted by molar-refractivity contribution is -0.146. The molecule has 0 aliphatic carbocycles. The van der Waals surface area contributed by atoms with Gasteiger partial charge in [0.2, 0.25) is 17.7 Å². The summed E-state index contributed by atoms with van der Waals surface area (Å²) >= 11 is 1.07. The molecule has 16 heteroatoms. The van der Waals surface area contributed by atoms with Crippen LogP contribution in [0.5, 0.6) is 0 Å². The molecule has 0 aromatic heterocycles. The maximum Gasteiger partial charge on any atom is 0.408 e. The van der Waals surface area contributed by atoms with Crippen LogP contribution in [0, 0.1) is 5.92 Å². The van der Waals surface area contributed by atoms with Gasteiger partial charge in [-0.05, 0) is 46.0 Å². The van der Waals surface area contributed by atoms with Crippen LogP contribution in [0.25, 0.3) is 0 Å². The van der Waals surface area contributed by atoms with Crippen molar-refractivity contribution in [1.29, 1.82) is 0 Å². The number of methoxy groups -OCH3 is 3. The quantitative estimate of drug-likeness (QED) is 0.0443. The Balaban J connectivity index is 5.17. The van der Waals surface area contributed by atoms with Crippen molar-refractivity contribution in [3.8, 4) is 0 Å². The number of carbonyl (C=O) groups excluding carboxylic acids is 7. The van der Waals surface area contributed by atoms with E-state index in [4.69, 9.17) is 18.9 Å². The van der Waals surface area contributed by atoms with Gasteiger partial charge < -0.3 is 40.2 Å². The minimum absolute atomic E-state index is 0.0148. The SMILES string of the molecule is CCCCCCCCCCCCCC(=O)N[C@@H](CC(C)C)C(=O)N[C@H](CCC(=O)N[C@H](CSC[C@H](NC(=O)OC(C)(C)C)C(=O)OC)C(=O)OC)C(=O)OC. The van der Waals surface area contributed by atoms with E-state index in [-0.39, 0.29) is 36.2 Å². The Bertz CT molecular complexity index is 1180. The molecule has 0 spiro atoms. The summed E-state index contributed by atoms with van der Waals surface area (Å²) in [4.78, 5) is 88.8. The third-order valence-corrected chi connectivity index (χ3v) is 9.53. The fraction of sp³-hybridized carbons (Fsp3) is 0.821.